The number of pyridine rings is 1. The van der Waals surface area contributed by atoms with Gasteiger partial charge in [0.15, 0.2) is 0 Å². The number of nitrogens with one attached hydrogen (secondary N) is 1. The molecule has 1 N–H and O–H groups in total. The van der Waals surface area contributed by atoms with Crippen LogP contribution in [0.25, 0.3) is 0 Å². The first kappa shape index (κ1) is 14.0. The summed E-state index contributed by atoms with van der Waals surface area (Å²) in [6, 6.07) is 5.71. The van der Waals surface area contributed by atoms with Gasteiger partial charge in [0.1, 0.15) is 5.69 Å². The first-order valence-electron chi connectivity index (χ1n) is 6.47. The minimum Gasteiger partial charge on any atom is -0.364 e. The first-order chi connectivity index (χ1) is 9.63. The first-order valence-corrected chi connectivity index (χ1v) is 6.47. The van der Waals surface area contributed by atoms with Gasteiger partial charge >= 0.3 is 5.69 Å². The van der Waals surface area contributed by atoms with E-state index in [0.717, 1.165) is 5.69 Å². The van der Waals surface area contributed by atoms with Gasteiger partial charge in [0.25, 0.3) is 0 Å². The zero-order chi connectivity index (χ0) is 14.5. The Labute approximate surface area is 116 Å². The molecule has 0 aromatic carbocycles. The highest BCUT2D eigenvalue weighted by atomic mass is 16.6. The summed E-state index contributed by atoms with van der Waals surface area (Å²) in [5.74, 6) is 0.447. The molecule has 0 unspecified atom stereocenters. The second-order valence-electron chi connectivity index (χ2n) is 4.38. The Hall–Kier alpha value is -2.44. The van der Waals surface area contributed by atoms with Gasteiger partial charge in [0.2, 0.25) is 5.82 Å². The second-order valence-corrected chi connectivity index (χ2v) is 4.38. The molecule has 20 heavy (non-hydrogen) atoms. The number of anilines is 1. The van der Waals surface area contributed by atoms with Crippen LogP contribution >= 0.6 is 0 Å². The molecule has 106 valence electrons. The van der Waals surface area contributed by atoms with Crippen LogP contribution in [0.5, 0.6) is 0 Å². The Morgan fingerprint density at radius 2 is 2.25 bits per heavy atom. The molecule has 7 heteroatoms. The van der Waals surface area contributed by atoms with Crippen molar-refractivity contribution in [2.45, 2.75) is 19.8 Å². The van der Waals surface area contributed by atoms with Crippen molar-refractivity contribution in [2.75, 3.05) is 11.9 Å². The van der Waals surface area contributed by atoms with Gasteiger partial charge in [-0.05, 0) is 18.6 Å². The minimum atomic E-state index is -0.380. The molecule has 2 heterocycles. The lowest BCUT2D eigenvalue weighted by molar-refractivity contribution is -0.384. The standard InChI is InChI=1S/C13H17N5O2/c1-3-11-12(18(19)20)13(17(2)16-11)15-9-7-10-6-4-5-8-14-10/h4-6,8,15H,3,7,9H2,1-2H3. The topological polar surface area (TPSA) is 85.9 Å². The highest BCUT2D eigenvalue weighted by Gasteiger charge is 2.25. The third-order valence-electron chi connectivity index (χ3n) is 3.01. The van der Waals surface area contributed by atoms with E-state index in [1.807, 2.05) is 25.1 Å². The van der Waals surface area contributed by atoms with Crippen LogP contribution in [0.15, 0.2) is 24.4 Å². The lowest BCUT2D eigenvalue weighted by Crippen LogP contribution is -2.10. The van der Waals surface area contributed by atoms with E-state index in [9.17, 15) is 10.1 Å². The number of nitro groups is 1. The molecule has 0 spiro atoms. The van der Waals surface area contributed by atoms with E-state index in [1.54, 1.807) is 13.2 Å². The minimum absolute atomic E-state index is 0.0658. The van der Waals surface area contributed by atoms with Crippen LogP contribution in [0.3, 0.4) is 0 Å². The number of hydrogen-bond acceptors (Lipinski definition) is 5. The predicted octanol–water partition coefficient (Wildman–Crippen LogP) is 1.94. The van der Waals surface area contributed by atoms with Gasteiger partial charge in [-0.2, -0.15) is 5.10 Å². The highest BCUT2D eigenvalue weighted by molar-refractivity contribution is 5.59. The van der Waals surface area contributed by atoms with Crippen LogP contribution in [0.4, 0.5) is 11.5 Å². The van der Waals surface area contributed by atoms with Crippen LogP contribution < -0.4 is 5.32 Å². The van der Waals surface area contributed by atoms with Crippen molar-refractivity contribution in [3.05, 3.63) is 45.9 Å². The maximum atomic E-state index is 11.1. The average molecular weight is 275 g/mol. The fourth-order valence-corrected chi connectivity index (χ4v) is 2.05. The Morgan fingerprint density at radius 1 is 1.45 bits per heavy atom. The Bertz CT molecular complexity index is 594. The van der Waals surface area contributed by atoms with E-state index in [0.29, 0.717) is 30.9 Å². The number of rotatable bonds is 6. The SMILES string of the molecule is CCc1nn(C)c(NCCc2ccccn2)c1[N+](=O)[O-]. The third kappa shape index (κ3) is 2.93. The quantitative estimate of drug-likeness (QED) is 0.643. The molecule has 0 aliphatic heterocycles. The maximum Gasteiger partial charge on any atom is 0.333 e. The van der Waals surface area contributed by atoms with Crippen LogP contribution in [-0.4, -0.2) is 26.2 Å². The van der Waals surface area contributed by atoms with E-state index >= 15 is 0 Å². The van der Waals surface area contributed by atoms with Crippen molar-refractivity contribution >= 4 is 11.5 Å². The lowest BCUT2D eigenvalue weighted by atomic mass is 10.2. The molecule has 0 bridgehead atoms. The smallest absolute Gasteiger partial charge is 0.333 e. The van der Waals surface area contributed by atoms with Crippen LogP contribution in [0.1, 0.15) is 18.3 Å². The zero-order valence-corrected chi connectivity index (χ0v) is 11.5. The molecule has 0 saturated heterocycles. The fraction of sp³-hybridized carbons (Fsp3) is 0.385. The maximum absolute atomic E-state index is 11.1. The Kier molecular flexibility index (Phi) is 4.29. The molecule has 0 atom stereocenters. The molecule has 0 amide bonds. The molecule has 7 nitrogen and oxygen atoms in total. The van der Waals surface area contributed by atoms with Gasteiger partial charge in [0.05, 0.1) is 4.92 Å². The molecule has 0 fully saturated rings. The monoisotopic (exact) mass is 275 g/mol. The van der Waals surface area contributed by atoms with Crippen molar-refractivity contribution in [3.8, 4) is 0 Å². The fourth-order valence-electron chi connectivity index (χ4n) is 2.05. The van der Waals surface area contributed by atoms with Gasteiger partial charge in [0, 0.05) is 31.9 Å². The van der Waals surface area contributed by atoms with E-state index in [-0.39, 0.29) is 10.6 Å². The molecule has 0 aliphatic carbocycles. The Morgan fingerprint density at radius 3 is 2.85 bits per heavy atom. The summed E-state index contributed by atoms with van der Waals surface area (Å²) in [5, 5.41) is 18.4. The van der Waals surface area contributed by atoms with E-state index in [1.165, 1.54) is 4.68 Å². The highest BCUT2D eigenvalue weighted by Crippen LogP contribution is 2.28. The third-order valence-corrected chi connectivity index (χ3v) is 3.01. The molecular weight excluding hydrogens is 258 g/mol. The van der Waals surface area contributed by atoms with E-state index in [4.69, 9.17) is 0 Å². The van der Waals surface area contributed by atoms with Crippen molar-refractivity contribution in [3.63, 3.8) is 0 Å². The zero-order valence-electron chi connectivity index (χ0n) is 11.5. The van der Waals surface area contributed by atoms with Crippen molar-refractivity contribution in [1.29, 1.82) is 0 Å². The number of aryl methyl sites for hydroxylation is 2. The van der Waals surface area contributed by atoms with Gasteiger partial charge < -0.3 is 5.32 Å². The van der Waals surface area contributed by atoms with E-state index in [2.05, 4.69) is 15.4 Å². The van der Waals surface area contributed by atoms with Gasteiger partial charge in [-0.3, -0.25) is 15.1 Å². The largest absolute Gasteiger partial charge is 0.364 e. The summed E-state index contributed by atoms with van der Waals surface area (Å²) < 4.78 is 1.52. The lowest BCUT2D eigenvalue weighted by Gasteiger charge is -2.05. The molecule has 2 rings (SSSR count). The summed E-state index contributed by atoms with van der Waals surface area (Å²) in [4.78, 5) is 15.0. The van der Waals surface area contributed by atoms with Gasteiger partial charge in [-0.25, -0.2) is 4.68 Å². The van der Waals surface area contributed by atoms with Crippen LogP contribution in [0.2, 0.25) is 0 Å². The van der Waals surface area contributed by atoms with E-state index < -0.39 is 0 Å². The molecule has 2 aromatic rings. The van der Waals surface area contributed by atoms with Gasteiger partial charge in [-0.15, -0.1) is 0 Å². The van der Waals surface area contributed by atoms with Crippen LogP contribution in [-0.2, 0) is 19.9 Å². The van der Waals surface area contributed by atoms with Crippen molar-refractivity contribution in [1.82, 2.24) is 14.8 Å². The molecule has 0 saturated carbocycles. The number of nitrogens with zero attached hydrogens (tertiary/aromatic N) is 4. The summed E-state index contributed by atoms with van der Waals surface area (Å²) in [6.45, 7) is 2.42. The second kappa shape index (κ2) is 6.14. The molecule has 2 aromatic heterocycles. The molecule has 0 aliphatic rings. The average Bonchev–Trinajstić information content (AvgIpc) is 2.77. The van der Waals surface area contributed by atoms with Crippen LogP contribution in [0, 0.1) is 10.1 Å². The predicted molar refractivity (Wildman–Crippen MR) is 75.7 cm³/mol. The number of hydrogen-bond donors (Lipinski definition) is 1. The summed E-state index contributed by atoms with van der Waals surface area (Å²) in [6.07, 6.45) is 2.97. The summed E-state index contributed by atoms with van der Waals surface area (Å²) in [7, 11) is 1.70. The number of aromatic nitrogens is 3. The van der Waals surface area contributed by atoms with Gasteiger partial charge in [-0.1, -0.05) is 13.0 Å². The summed E-state index contributed by atoms with van der Waals surface area (Å²) >= 11 is 0. The Balaban J connectivity index is 2.09. The summed E-state index contributed by atoms with van der Waals surface area (Å²) in [5.41, 5.74) is 1.51. The van der Waals surface area contributed by atoms with Crippen molar-refractivity contribution < 1.29 is 4.92 Å². The molecule has 0 radical (unpaired) electrons. The normalized spacial score (nSPS) is 10.5. The molecular formula is C13H17N5O2. The van der Waals surface area contributed by atoms with Crippen molar-refractivity contribution in [2.24, 2.45) is 7.05 Å².